The van der Waals surface area contributed by atoms with Crippen LogP contribution in [0.1, 0.15) is 16.4 Å². The number of nitrogens with zero attached hydrogens (tertiary/aromatic N) is 3. The molecule has 0 aliphatic carbocycles. The van der Waals surface area contributed by atoms with Crippen LogP contribution < -0.4 is 4.74 Å². The van der Waals surface area contributed by atoms with Gasteiger partial charge in [0.05, 0.1) is 19.4 Å². The Labute approximate surface area is 137 Å². The van der Waals surface area contributed by atoms with E-state index in [4.69, 9.17) is 9.47 Å². The van der Waals surface area contributed by atoms with E-state index in [9.17, 15) is 4.79 Å². The zero-order valence-electron chi connectivity index (χ0n) is 14.3. The highest BCUT2D eigenvalue weighted by Gasteiger charge is 2.20. The SMILES string of the molecule is COc1ccc(-n2nc(C)nc2C(=O)OCC[Si](C)(C)C)cc1. The summed E-state index contributed by atoms with van der Waals surface area (Å²) in [5.74, 6) is 1.02. The van der Waals surface area contributed by atoms with Crippen LogP contribution >= 0.6 is 0 Å². The van der Waals surface area contributed by atoms with E-state index in [-0.39, 0.29) is 5.82 Å². The maximum Gasteiger partial charge on any atom is 0.376 e. The van der Waals surface area contributed by atoms with Crippen molar-refractivity contribution >= 4 is 14.0 Å². The van der Waals surface area contributed by atoms with Crippen LogP contribution in [-0.2, 0) is 4.74 Å². The average molecular weight is 333 g/mol. The average Bonchev–Trinajstić information content (AvgIpc) is 2.88. The Balaban J connectivity index is 2.17. The van der Waals surface area contributed by atoms with Crippen molar-refractivity contribution in [2.75, 3.05) is 13.7 Å². The van der Waals surface area contributed by atoms with Gasteiger partial charge >= 0.3 is 5.97 Å². The summed E-state index contributed by atoms with van der Waals surface area (Å²) >= 11 is 0. The second-order valence-electron chi connectivity index (χ2n) is 6.54. The maximum atomic E-state index is 12.3. The Morgan fingerprint density at radius 2 is 1.87 bits per heavy atom. The molecule has 1 aromatic heterocycles. The van der Waals surface area contributed by atoms with E-state index in [0.717, 1.165) is 17.5 Å². The van der Waals surface area contributed by atoms with Crippen LogP contribution in [0.25, 0.3) is 5.69 Å². The monoisotopic (exact) mass is 333 g/mol. The fourth-order valence-electron chi connectivity index (χ4n) is 1.97. The van der Waals surface area contributed by atoms with E-state index in [2.05, 4.69) is 29.7 Å². The Kier molecular flexibility index (Phi) is 5.20. The predicted molar refractivity (Wildman–Crippen MR) is 91.1 cm³/mol. The van der Waals surface area contributed by atoms with Gasteiger partial charge in [-0.1, -0.05) is 19.6 Å². The van der Waals surface area contributed by atoms with Gasteiger partial charge in [-0.25, -0.2) is 14.5 Å². The van der Waals surface area contributed by atoms with Gasteiger partial charge in [0, 0.05) is 8.07 Å². The molecule has 1 heterocycles. The number of ether oxygens (including phenoxy) is 2. The van der Waals surface area contributed by atoms with Crippen LogP contribution in [0, 0.1) is 6.92 Å². The highest BCUT2D eigenvalue weighted by molar-refractivity contribution is 6.76. The van der Waals surface area contributed by atoms with Crippen LogP contribution in [0.2, 0.25) is 25.7 Å². The number of rotatable bonds is 6. The molecule has 0 fully saturated rings. The summed E-state index contributed by atoms with van der Waals surface area (Å²) < 4.78 is 12.0. The summed E-state index contributed by atoms with van der Waals surface area (Å²) in [6.07, 6.45) is 0. The molecule has 0 aliphatic heterocycles. The molecule has 0 atom stereocenters. The highest BCUT2D eigenvalue weighted by Crippen LogP contribution is 2.16. The quantitative estimate of drug-likeness (QED) is 0.600. The largest absolute Gasteiger partial charge is 0.497 e. The molecule has 1 aromatic carbocycles. The zero-order valence-corrected chi connectivity index (χ0v) is 15.3. The van der Waals surface area contributed by atoms with Gasteiger partial charge in [-0.05, 0) is 37.2 Å². The predicted octanol–water partition coefficient (Wildman–Crippen LogP) is 3.08. The van der Waals surface area contributed by atoms with Crippen LogP contribution in [0.3, 0.4) is 0 Å². The topological polar surface area (TPSA) is 66.2 Å². The third-order valence-corrected chi connectivity index (χ3v) is 5.00. The third-order valence-electron chi connectivity index (χ3n) is 3.30. The highest BCUT2D eigenvalue weighted by atomic mass is 28.3. The van der Waals surface area contributed by atoms with Crippen LogP contribution in [-0.4, -0.2) is 42.5 Å². The number of benzene rings is 1. The first-order valence-electron chi connectivity index (χ1n) is 7.55. The standard InChI is InChI=1S/C16H23N3O3Si/c1-12-17-15(16(20)22-10-11-23(3,4)5)19(18-12)13-6-8-14(21-2)9-7-13/h6-9H,10-11H2,1-5H3. The molecular formula is C16H23N3O3Si. The van der Waals surface area contributed by atoms with Gasteiger partial charge in [0.2, 0.25) is 5.82 Å². The van der Waals surface area contributed by atoms with E-state index in [1.54, 1.807) is 14.0 Å². The fraction of sp³-hybridized carbons (Fsp3) is 0.438. The lowest BCUT2D eigenvalue weighted by atomic mass is 10.3. The molecule has 0 aliphatic rings. The molecule has 0 bridgehead atoms. The minimum absolute atomic E-state index is 0.197. The second kappa shape index (κ2) is 6.95. The number of esters is 1. The van der Waals surface area contributed by atoms with Crippen molar-refractivity contribution in [3.63, 3.8) is 0 Å². The zero-order chi connectivity index (χ0) is 17.0. The van der Waals surface area contributed by atoms with E-state index < -0.39 is 14.0 Å². The van der Waals surface area contributed by atoms with Crippen molar-refractivity contribution in [3.05, 3.63) is 35.9 Å². The molecule has 0 saturated carbocycles. The lowest BCUT2D eigenvalue weighted by Crippen LogP contribution is -2.23. The maximum absolute atomic E-state index is 12.3. The van der Waals surface area contributed by atoms with Gasteiger partial charge in [-0.15, -0.1) is 0 Å². The van der Waals surface area contributed by atoms with Crippen molar-refractivity contribution in [1.82, 2.24) is 14.8 Å². The first-order chi connectivity index (χ1) is 10.8. The minimum Gasteiger partial charge on any atom is -0.497 e. The number of aromatic nitrogens is 3. The Bertz CT molecular complexity index is 675. The molecule has 124 valence electrons. The minimum atomic E-state index is -1.24. The van der Waals surface area contributed by atoms with Crippen LogP contribution in [0.5, 0.6) is 5.75 Å². The normalized spacial score (nSPS) is 11.3. The Hall–Kier alpha value is -2.15. The lowest BCUT2D eigenvalue weighted by molar-refractivity contribution is 0.0507. The van der Waals surface area contributed by atoms with Gasteiger partial charge in [0.25, 0.3) is 0 Å². The summed E-state index contributed by atoms with van der Waals surface area (Å²) in [6, 6.07) is 8.20. The molecule has 0 unspecified atom stereocenters. The van der Waals surface area contributed by atoms with E-state index in [1.807, 2.05) is 24.3 Å². The molecule has 6 nitrogen and oxygen atoms in total. The van der Waals surface area contributed by atoms with E-state index >= 15 is 0 Å². The summed E-state index contributed by atoms with van der Waals surface area (Å²) in [7, 11) is 0.365. The van der Waals surface area contributed by atoms with E-state index in [0.29, 0.717) is 12.4 Å². The first kappa shape index (κ1) is 17.2. The molecule has 0 amide bonds. The Morgan fingerprint density at radius 3 is 2.43 bits per heavy atom. The van der Waals surface area contributed by atoms with E-state index in [1.165, 1.54) is 4.68 Å². The molecule has 23 heavy (non-hydrogen) atoms. The van der Waals surface area contributed by atoms with Crippen molar-refractivity contribution < 1.29 is 14.3 Å². The number of carbonyl (C=O) groups excluding carboxylic acids is 1. The fourth-order valence-corrected chi connectivity index (χ4v) is 2.68. The van der Waals surface area contributed by atoms with Crippen LogP contribution in [0.15, 0.2) is 24.3 Å². The molecule has 0 spiro atoms. The first-order valence-corrected chi connectivity index (χ1v) is 11.3. The van der Waals surface area contributed by atoms with Gasteiger partial charge in [0.1, 0.15) is 11.6 Å². The molecule has 2 aromatic rings. The van der Waals surface area contributed by atoms with Crippen molar-refractivity contribution in [3.8, 4) is 11.4 Å². The molecule has 0 N–H and O–H groups in total. The summed E-state index contributed by atoms with van der Waals surface area (Å²) in [6.45, 7) is 8.89. The second-order valence-corrected chi connectivity index (χ2v) is 12.2. The molecular weight excluding hydrogens is 310 g/mol. The van der Waals surface area contributed by atoms with Gasteiger partial charge < -0.3 is 9.47 Å². The van der Waals surface area contributed by atoms with Gasteiger partial charge in [0.15, 0.2) is 0 Å². The lowest BCUT2D eigenvalue weighted by Gasteiger charge is -2.15. The molecule has 2 rings (SSSR count). The van der Waals surface area contributed by atoms with Crippen molar-refractivity contribution in [2.24, 2.45) is 0 Å². The summed E-state index contributed by atoms with van der Waals surface area (Å²) in [5, 5.41) is 4.29. The van der Waals surface area contributed by atoms with Gasteiger partial charge in [-0.3, -0.25) is 0 Å². The molecule has 0 radical (unpaired) electrons. The summed E-state index contributed by atoms with van der Waals surface area (Å²) in [5.41, 5.74) is 0.739. The number of hydrogen-bond acceptors (Lipinski definition) is 5. The number of hydrogen-bond donors (Lipinski definition) is 0. The Morgan fingerprint density at radius 1 is 1.22 bits per heavy atom. The summed E-state index contributed by atoms with van der Waals surface area (Å²) in [4.78, 5) is 16.5. The number of methoxy groups -OCH3 is 1. The van der Waals surface area contributed by atoms with Crippen LogP contribution in [0.4, 0.5) is 0 Å². The molecule has 0 saturated heterocycles. The smallest absolute Gasteiger partial charge is 0.376 e. The number of carbonyl (C=O) groups is 1. The van der Waals surface area contributed by atoms with Gasteiger partial charge in [-0.2, -0.15) is 5.10 Å². The van der Waals surface area contributed by atoms with Crippen molar-refractivity contribution in [1.29, 1.82) is 0 Å². The van der Waals surface area contributed by atoms with Crippen molar-refractivity contribution in [2.45, 2.75) is 32.6 Å². The molecule has 7 heteroatoms. The number of aryl methyl sites for hydroxylation is 1. The third kappa shape index (κ3) is 4.66.